The van der Waals surface area contributed by atoms with Gasteiger partial charge in [0, 0.05) is 63.8 Å². The van der Waals surface area contributed by atoms with E-state index in [1.165, 1.54) is 16.0 Å². The minimum Gasteiger partial charge on any atom is -0.345 e. The molecule has 0 aromatic carbocycles. The summed E-state index contributed by atoms with van der Waals surface area (Å²) in [5.41, 5.74) is 1.36. The Morgan fingerprint density at radius 3 is 2.63 bits per heavy atom. The summed E-state index contributed by atoms with van der Waals surface area (Å²) in [7, 11) is 4.26. The second-order valence-electron chi connectivity index (χ2n) is 8.48. The van der Waals surface area contributed by atoms with E-state index in [1.54, 1.807) is 43.5 Å². The molecule has 0 radical (unpaired) electrons. The van der Waals surface area contributed by atoms with E-state index in [0.29, 0.717) is 27.8 Å². The minimum absolute atomic E-state index is 0.0750. The lowest BCUT2D eigenvalue weighted by Gasteiger charge is -2.43. The first-order valence-corrected chi connectivity index (χ1v) is 10.9. The number of aromatic nitrogens is 4. The Morgan fingerprint density at radius 1 is 1.14 bits per heavy atom. The summed E-state index contributed by atoms with van der Waals surface area (Å²) in [5, 5.41) is 0.809. The molecule has 4 heterocycles. The average Bonchev–Trinajstić information content (AvgIpc) is 3.26. The predicted octanol–water partition coefficient (Wildman–Crippen LogP) is 2.21. The number of H-pyrrole nitrogens is 1. The summed E-state index contributed by atoms with van der Waals surface area (Å²) in [4.78, 5) is 47.1. The van der Waals surface area contributed by atoms with Crippen molar-refractivity contribution in [1.82, 2.24) is 34.6 Å². The number of fused-ring (bicyclic) bond motifs is 1. The first kappa shape index (κ1) is 24.2. The van der Waals surface area contributed by atoms with Crippen molar-refractivity contribution in [2.75, 3.05) is 52.2 Å². The molecule has 1 atom stereocenters. The maximum atomic E-state index is 13.2. The highest BCUT2D eigenvalue weighted by molar-refractivity contribution is 5.92. The van der Waals surface area contributed by atoms with E-state index in [2.05, 4.69) is 19.9 Å². The standard InChI is InChI=1S/C22H25F3N8O2/c1-30(2)21(35)32-9-10-33(16(12-32)20(34)31(3)13-22(23,24)25)17-6-8-27-19(29-17)15-11-28-18-14(15)5-4-7-26-18/h4-8,11,16H,9-10,12-13H2,1-3H3,(H,26,28)/t16-/m1/s1. The van der Waals surface area contributed by atoms with Crippen molar-refractivity contribution >= 4 is 28.8 Å². The fourth-order valence-electron chi connectivity index (χ4n) is 4.11. The Labute approximate surface area is 199 Å². The number of anilines is 1. The maximum absolute atomic E-state index is 13.2. The molecule has 13 heteroatoms. The molecular formula is C22H25F3N8O2. The van der Waals surface area contributed by atoms with Crippen LogP contribution in [0.15, 0.2) is 36.8 Å². The van der Waals surface area contributed by atoms with Crippen molar-refractivity contribution in [1.29, 1.82) is 0 Å². The van der Waals surface area contributed by atoms with Gasteiger partial charge in [0.15, 0.2) is 5.82 Å². The van der Waals surface area contributed by atoms with Crippen LogP contribution < -0.4 is 4.90 Å². The number of carbonyl (C=O) groups excluding carboxylic acids is 2. The van der Waals surface area contributed by atoms with E-state index in [9.17, 15) is 22.8 Å². The van der Waals surface area contributed by atoms with Gasteiger partial charge in [-0.05, 0) is 18.2 Å². The highest BCUT2D eigenvalue weighted by Gasteiger charge is 2.40. The largest absolute Gasteiger partial charge is 0.406 e. The van der Waals surface area contributed by atoms with Gasteiger partial charge in [-0.25, -0.2) is 19.7 Å². The van der Waals surface area contributed by atoms with Crippen molar-refractivity contribution in [2.45, 2.75) is 12.2 Å². The fraction of sp³-hybridized carbons (Fsp3) is 0.409. The quantitative estimate of drug-likeness (QED) is 0.602. The number of piperazine rings is 1. The summed E-state index contributed by atoms with van der Waals surface area (Å²) in [5.74, 6) is 0.00220. The van der Waals surface area contributed by atoms with E-state index in [1.807, 2.05) is 6.07 Å². The summed E-state index contributed by atoms with van der Waals surface area (Å²) in [6.45, 7) is -0.981. The van der Waals surface area contributed by atoms with Gasteiger partial charge in [-0.2, -0.15) is 13.2 Å². The molecule has 1 aliphatic rings. The van der Waals surface area contributed by atoms with Gasteiger partial charge in [0.2, 0.25) is 5.91 Å². The maximum Gasteiger partial charge on any atom is 0.406 e. The molecule has 3 amide bonds. The van der Waals surface area contributed by atoms with E-state index < -0.39 is 24.7 Å². The molecule has 186 valence electrons. The van der Waals surface area contributed by atoms with Crippen LogP contribution in [0.5, 0.6) is 0 Å². The number of aromatic amines is 1. The second kappa shape index (κ2) is 9.39. The van der Waals surface area contributed by atoms with Gasteiger partial charge >= 0.3 is 12.2 Å². The van der Waals surface area contributed by atoms with Gasteiger partial charge < -0.3 is 24.6 Å². The number of urea groups is 1. The molecule has 0 saturated carbocycles. The second-order valence-corrected chi connectivity index (χ2v) is 8.48. The van der Waals surface area contributed by atoms with Crippen molar-refractivity contribution in [3.63, 3.8) is 0 Å². The number of hydrogen-bond acceptors (Lipinski definition) is 6. The monoisotopic (exact) mass is 490 g/mol. The molecule has 1 fully saturated rings. The van der Waals surface area contributed by atoms with Crippen molar-refractivity contribution in [3.8, 4) is 11.4 Å². The number of pyridine rings is 1. The van der Waals surface area contributed by atoms with Crippen LogP contribution in [-0.2, 0) is 4.79 Å². The summed E-state index contributed by atoms with van der Waals surface area (Å²) >= 11 is 0. The molecule has 1 aliphatic heterocycles. The fourth-order valence-corrected chi connectivity index (χ4v) is 4.11. The van der Waals surface area contributed by atoms with Gasteiger partial charge in [0.25, 0.3) is 0 Å². The van der Waals surface area contributed by atoms with Crippen LogP contribution >= 0.6 is 0 Å². The molecule has 1 saturated heterocycles. The van der Waals surface area contributed by atoms with Gasteiger partial charge in [0.05, 0.1) is 6.54 Å². The first-order valence-electron chi connectivity index (χ1n) is 10.9. The van der Waals surface area contributed by atoms with E-state index in [-0.39, 0.29) is 25.7 Å². The van der Waals surface area contributed by atoms with Gasteiger partial charge in [-0.15, -0.1) is 0 Å². The summed E-state index contributed by atoms with van der Waals surface area (Å²) in [6, 6.07) is 3.89. The molecule has 0 aliphatic carbocycles. The number of likely N-dealkylation sites (N-methyl/N-ethyl adjacent to an activating group) is 1. The summed E-state index contributed by atoms with van der Waals surface area (Å²) in [6.07, 6.45) is 0.367. The van der Waals surface area contributed by atoms with Crippen LogP contribution in [-0.4, -0.2) is 106 Å². The summed E-state index contributed by atoms with van der Waals surface area (Å²) < 4.78 is 39.0. The molecule has 1 N–H and O–H groups in total. The number of amides is 3. The third-order valence-corrected chi connectivity index (χ3v) is 5.74. The van der Waals surface area contributed by atoms with Crippen LogP contribution in [0.4, 0.5) is 23.8 Å². The topological polar surface area (TPSA) is 102 Å². The lowest BCUT2D eigenvalue weighted by Crippen LogP contribution is -2.62. The Bertz CT molecular complexity index is 1230. The lowest BCUT2D eigenvalue weighted by molar-refractivity contribution is -0.159. The number of nitrogens with zero attached hydrogens (tertiary/aromatic N) is 7. The van der Waals surface area contributed by atoms with E-state index >= 15 is 0 Å². The molecule has 35 heavy (non-hydrogen) atoms. The normalized spacial score (nSPS) is 16.5. The molecule has 10 nitrogen and oxygen atoms in total. The first-order chi connectivity index (χ1) is 16.5. The Balaban J connectivity index is 1.68. The molecular weight excluding hydrogens is 465 g/mol. The number of alkyl halides is 3. The zero-order valence-electron chi connectivity index (χ0n) is 19.5. The number of rotatable bonds is 4. The molecule has 0 bridgehead atoms. The van der Waals surface area contributed by atoms with Crippen LogP contribution in [0, 0.1) is 0 Å². The van der Waals surface area contributed by atoms with Crippen molar-refractivity contribution in [3.05, 3.63) is 36.8 Å². The van der Waals surface area contributed by atoms with Gasteiger partial charge in [-0.3, -0.25) is 4.79 Å². The number of hydrogen-bond donors (Lipinski definition) is 1. The van der Waals surface area contributed by atoms with Gasteiger partial charge in [-0.1, -0.05) is 0 Å². The van der Waals surface area contributed by atoms with Crippen LogP contribution in [0.3, 0.4) is 0 Å². The van der Waals surface area contributed by atoms with Crippen molar-refractivity contribution < 1.29 is 22.8 Å². The smallest absolute Gasteiger partial charge is 0.345 e. The Hall–Kier alpha value is -3.90. The zero-order valence-corrected chi connectivity index (χ0v) is 19.5. The average molecular weight is 490 g/mol. The molecule has 3 aromatic heterocycles. The third-order valence-electron chi connectivity index (χ3n) is 5.74. The van der Waals surface area contributed by atoms with Crippen LogP contribution in [0.2, 0.25) is 0 Å². The Morgan fingerprint density at radius 2 is 1.91 bits per heavy atom. The van der Waals surface area contributed by atoms with Crippen LogP contribution in [0.1, 0.15) is 0 Å². The SMILES string of the molecule is CN(C)C(=O)N1CCN(c2ccnc(-c3c[nH]c4ncccc34)n2)[C@@H](C(=O)N(C)CC(F)(F)F)C1. The highest BCUT2D eigenvalue weighted by Crippen LogP contribution is 2.28. The molecule has 3 aromatic rings. The lowest BCUT2D eigenvalue weighted by atomic mass is 10.1. The predicted molar refractivity (Wildman–Crippen MR) is 123 cm³/mol. The van der Waals surface area contributed by atoms with Crippen molar-refractivity contribution in [2.24, 2.45) is 0 Å². The molecule has 0 spiro atoms. The van der Waals surface area contributed by atoms with E-state index in [4.69, 9.17) is 0 Å². The zero-order chi connectivity index (χ0) is 25.3. The number of nitrogens with one attached hydrogen (secondary N) is 1. The molecule has 0 unspecified atom stereocenters. The van der Waals surface area contributed by atoms with E-state index in [0.717, 1.165) is 12.4 Å². The number of halogens is 3. The highest BCUT2D eigenvalue weighted by atomic mass is 19.4. The molecule has 4 rings (SSSR count). The van der Waals surface area contributed by atoms with Gasteiger partial charge in [0.1, 0.15) is 24.1 Å². The third kappa shape index (κ3) is 5.12. The van der Waals surface area contributed by atoms with Crippen LogP contribution in [0.25, 0.3) is 22.4 Å². The Kier molecular flexibility index (Phi) is 6.50. The number of carbonyl (C=O) groups is 2. The minimum atomic E-state index is -4.55.